The summed E-state index contributed by atoms with van der Waals surface area (Å²) in [6.45, 7) is 7.82. The maximum absolute atomic E-state index is 12.5. The van der Waals surface area contributed by atoms with Crippen molar-refractivity contribution in [2.45, 2.75) is 19.8 Å². The summed E-state index contributed by atoms with van der Waals surface area (Å²) in [4.78, 5) is 26.8. The molecule has 2 aromatic carbocycles. The molecule has 0 bridgehead atoms. The van der Waals surface area contributed by atoms with Gasteiger partial charge in [-0.05, 0) is 55.7 Å². The molecule has 2 N–H and O–H groups in total. The summed E-state index contributed by atoms with van der Waals surface area (Å²) in [5, 5.41) is 5.94. The number of para-hydroxylation sites is 2. The summed E-state index contributed by atoms with van der Waals surface area (Å²) >= 11 is 0. The van der Waals surface area contributed by atoms with Gasteiger partial charge in [0.2, 0.25) is 5.91 Å². The Morgan fingerprint density at radius 1 is 1.10 bits per heavy atom. The highest BCUT2D eigenvalue weighted by atomic mass is 16.5. The molecular weight excluding hydrogens is 366 g/mol. The van der Waals surface area contributed by atoms with E-state index >= 15 is 0 Å². The number of nitrogens with one attached hydrogen (secondary N) is 2. The Balaban J connectivity index is 1.57. The molecule has 1 aliphatic rings. The van der Waals surface area contributed by atoms with Crippen LogP contribution in [0.5, 0.6) is 5.75 Å². The van der Waals surface area contributed by atoms with Crippen molar-refractivity contribution in [3.05, 3.63) is 66.2 Å². The van der Waals surface area contributed by atoms with Crippen LogP contribution in [-0.2, 0) is 4.79 Å². The lowest BCUT2D eigenvalue weighted by molar-refractivity contribution is -0.114. The van der Waals surface area contributed by atoms with E-state index in [1.165, 1.54) is 0 Å². The summed E-state index contributed by atoms with van der Waals surface area (Å²) < 4.78 is 5.70. The van der Waals surface area contributed by atoms with Crippen LogP contribution in [0.1, 0.15) is 30.1 Å². The van der Waals surface area contributed by atoms with Crippen molar-refractivity contribution in [1.29, 1.82) is 0 Å². The largest absolute Gasteiger partial charge is 0.487 e. The maximum atomic E-state index is 12.5. The average molecular weight is 393 g/mol. The Morgan fingerprint density at radius 2 is 1.86 bits per heavy atom. The SMILES string of the molecule is C=C(C)COc1ccccc1NCC(=O)Nc1cccc(C(=O)N2CCCC2)c1. The summed E-state index contributed by atoms with van der Waals surface area (Å²) in [6, 6.07) is 14.5. The van der Waals surface area contributed by atoms with E-state index in [0.29, 0.717) is 23.6 Å². The van der Waals surface area contributed by atoms with E-state index in [1.54, 1.807) is 24.3 Å². The van der Waals surface area contributed by atoms with Gasteiger partial charge in [0.1, 0.15) is 12.4 Å². The lowest BCUT2D eigenvalue weighted by atomic mass is 10.1. The number of carbonyl (C=O) groups excluding carboxylic acids is 2. The molecule has 2 amide bonds. The van der Waals surface area contributed by atoms with Crippen LogP contribution in [-0.4, -0.2) is 43.0 Å². The van der Waals surface area contributed by atoms with Gasteiger partial charge in [-0.1, -0.05) is 24.8 Å². The van der Waals surface area contributed by atoms with Crippen molar-refractivity contribution < 1.29 is 14.3 Å². The number of hydrogen-bond donors (Lipinski definition) is 2. The standard InChI is InChI=1S/C23H27N3O3/c1-17(2)16-29-21-11-4-3-10-20(21)24-15-22(27)25-19-9-7-8-18(14-19)23(28)26-12-5-6-13-26/h3-4,7-11,14,24H,1,5-6,12-13,15-16H2,2H3,(H,25,27). The quantitative estimate of drug-likeness (QED) is 0.667. The van der Waals surface area contributed by atoms with E-state index in [2.05, 4.69) is 17.2 Å². The number of ether oxygens (including phenoxy) is 1. The molecule has 0 aromatic heterocycles. The monoisotopic (exact) mass is 393 g/mol. The molecule has 1 aliphatic heterocycles. The highest BCUT2D eigenvalue weighted by Gasteiger charge is 2.19. The van der Waals surface area contributed by atoms with Crippen LogP contribution in [0.25, 0.3) is 0 Å². The summed E-state index contributed by atoms with van der Waals surface area (Å²) in [7, 11) is 0. The van der Waals surface area contributed by atoms with E-state index in [0.717, 1.165) is 37.2 Å². The van der Waals surface area contributed by atoms with Crippen molar-refractivity contribution >= 4 is 23.2 Å². The van der Waals surface area contributed by atoms with Crippen molar-refractivity contribution in [2.24, 2.45) is 0 Å². The number of rotatable bonds is 8. The Kier molecular flexibility index (Phi) is 6.89. The summed E-state index contributed by atoms with van der Waals surface area (Å²) in [5.41, 5.74) is 2.85. The van der Waals surface area contributed by atoms with Gasteiger partial charge < -0.3 is 20.3 Å². The number of amides is 2. The molecule has 0 atom stereocenters. The molecule has 3 rings (SSSR count). The molecule has 0 spiro atoms. The van der Waals surface area contributed by atoms with Gasteiger partial charge in [0.05, 0.1) is 12.2 Å². The van der Waals surface area contributed by atoms with Gasteiger partial charge in [-0.3, -0.25) is 9.59 Å². The number of nitrogens with zero attached hydrogens (tertiary/aromatic N) is 1. The molecule has 2 aromatic rings. The molecule has 6 heteroatoms. The van der Waals surface area contributed by atoms with Crippen LogP contribution >= 0.6 is 0 Å². The van der Waals surface area contributed by atoms with Gasteiger partial charge in [-0.2, -0.15) is 0 Å². The van der Waals surface area contributed by atoms with Crippen LogP contribution in [0.4, 0.5) is 11.4 Å². The molecule has 1 fully saturated rings. The number of likely N-dealkylation sites (tertiary alicyclic amines) is 1. The van der Waals surface area contributed by atoms with Crippen molar-refractivity contribution in [1.82, 2.24) is 4.90 Å². The first-order valence-corrected chi connectivity index (χ1v) is 9.82. The predicted molar refractivity (Wildman–Crippen MR) is 115 cm³/mol. The van der Waals surface area contributed by atoms with E-state index < -0.39 is 0 Å². The van der Waals surface area contributed by atoms with E-state index in [4.69, 9.17) is 4.74 Å². The van der Waals surface area contributed by atoms with Crippen LogP contribution in [0, 0.1) is 0 Å². The van der Waals surface area contributed by atoms with Crippen molar-refractivity contribution in [3.63, 3.8) is 0 Å². The predicted octanol–water partition coefficient (Wildman–Crippen LogP) is 3.93. The van der Waals surface area contributed by atoms with Gasteiger partial charge in [0.25, 0.3) is 5.91 Å². The second-order valence-electron chi connectivity index (χ2n) is 7.22. The first kappa shape index (κ1) is 20.5. The van der Waals surface area contributed by atoms with Gasteiger partial charge in [-0.15, -0.1) is 0 Å². The topological polar surface area (TPSA) is 70.7 Å². The molecule has 1 heterocycles. The van der Waals surface area contributed by atoms with Crippen molar-refractivity contribution in [3.8, 4) is 5.75 Å². The molecule has 1 saturated heterocycles. The third-order valence-electron chi connectivity index (χ3n) is 4.59. The summed E-state index contributed by atoms with van der Waals surface area (Å²) in [6.07, 6.45) is 2.09. The smallest absolute Gasteiger partial charge is 0.253 e. The van der Waals surface area contributed by atoms with Crippen LogP contribution in [0.3, 0.4) is 0 Å². The molecular formula is C23H27N3O3. The molecule has 0 unspecified atom stereocenters. The molecule has 0 radical (unpaired) electrons. The van der Waals surface area contributed by atoms with Gasteiger partial charge in [0.15, 0.2) is 0 Å². The van der Waals surface area contributed by atoms with Gasteiger partial charge in [0, 0.05) is 24.3 Å². The molecule has 29 heavy (non-hydrogen) atoms. The highest BCUT2D eigenvalue weighted by Crippen LogP contribution is 2.24. The van der Waals surface area contributed by atoms with E-state index in [1.807, 2.05) is 36.1 Å². The first-order chi connectivity index (χ1) is 14.0. The van der Waals surface area contributed by atoms with Crippen LogP contribution in [0.2, 0.25) is 0 Å². The minimum Gasteiger partial charge on any atom is -0.487 e. The maximum Gasteiger partial charge on any atom is 0.253 e. The lowest BCUT2D eigenvalue weighted by Crippen LogP contribution is -2.27. The normalized spacial score (nSPS) is 13.1. The third kappa shape index (κ3) is 5.85. The van der Waals surface area contributed by atoms with Gasteiger partial charge >= 0.3 is 0 Å². The lowest BCUT2D eigenvalue weighted by Gasteiger charge is -2.16. The first-order valence-electron chi connectivity index (χ1n) is 9.82. The number of benzene rings is 2. The Hall–Kier alpha value is -3.28. The number of carbonyl (C=O) groups is 2. The second kappa shape index (κ2) is 9.78. The van der Waals surface area contributed by atoms with Crippen LogP contribution in [0.15, 0.2) is 60.7 Å². The fourth-order valence-electron chi connectivity index (χ4n) is 3.15. The Morgan fingerprint density at radius 3 is 2.62 bits per heavy atom. The minimum absolute atomic E-state index is 0.0142. The number of anilines is 2. The number of hydrogen-bond acceptors (Lipinski definition) is 4. The summed E-state index contributed by atoms with van der Waals surface area (Å²) in [5.74, 6) is 0.479. The molecule has 0 aliphatic carbocycles. The molecule has 152 valence electrons. The van der Waals surface area contributed by atoms with Gasteiger partial charge in [-0.25, -0.2) is 0 Å². The molecule has 6 nitrogen and oxygen atoms in total. The third-order valence-corrected chi connectivity index (χ3v) is 4.59. The second-order valence-corrected chi connectivity index (χ2v) is 7.22. The van der Waals surface area contributed by atoms with Crippen LogP contribution < -0.4 is 15.4 Å². The Labute approximate surface area is 171 Å². The minimum atomic E-state index is -0.203. The zero-order chi connectivity index (χ0) is 20.6. The highest BCUT2D eigenvalue weighted by molar-refractivity contribution is 5.98. The van der Waals surface area contributed by atoms with E-state index in [-0.39, 0.29) is 18.4 Å². The fraction of sp³-hybridized carbons (Fsp3) is 0.304. The van der Waals surface area contributed by atoms with Crippen molar-refractivity contribution in [2.75, 3.05) is 36.9 Å². The zero-order valence-corrected chi connectivity index (χ0v) is 16.7. The zero-order valence-electron chi connectivity index (χ0n) is 16.7. The molecule has 0 saturated carbocycles. The average Bonchev–Trinajstić information content (AvgIpc) is 3.26. The van der Waals surface area contributed by atoms with E-state index in [9.17, 15) is 9.59 Å². The Bertz CT molecular complexity index is 888. The fourth-order valence-corrected chi connectivity index (χ4v) is 3.15.